The van der Waals surface area contributed by atoms with Gasteiger partial charge < -0.3 is 25.5 Å². The van der Waals surface area contributed by atoms with E-state index < -0.39 is 23.8 Å². The number of benzene rings is 1. The molecule has 2 fully saturated rings. The van der Waals surface area contributed by atoms with E-state index in [2.05, 4.69) is 25.6 Å². The lowest BCUT2D eigenvalue weighted by atomic mass is 9.82. The Balaban J connectivity index is 1.41. The van der Waals surface area contributed by atoms with Gasteiger partial charge in [0.15, 0.2) is 0 Å². The molecule has 2 saturated carbocycles. The second-order valence-electron chi connectivity index (χ2n) is 11.3. The topological polar surface area (TPSA) is 129 Å². The Labute approximate surface area is 235 Å². The van der Waals surface area contributed by atoms with Crippen LogP contribution in [0, 0.1) is 18.8 Å². The first-order valence-corrected chi connectivity index (χ1v) is 13.9. The number of halogens is 3. The molecule has 41 heavy (non-hydrogen) atoms. The van der Waals surface area contributed by atoms with Gasteiger partial charge in [-0.15, -0.1) is 0 Å². The summed E-state index contributed by atoms with van der Waals surface area (Å²) in [6.07, 6.45) is -0.445. The van der Waals surface area contributed by atoms with Crippen molar-refractivity contribution in [2.24, 2.45) is 11.8 Å². The molecule has 4 N–H and O–H groups in total. The lowest BCUT2D eigenvalue weighted by molar-refractivity contribution is -0.137. The molecule has 3 aromatic rings. The molecule has 2 aliphatic carbocycles. The number of carbonyl (C=O) groups excluding carboxylic acids is 2. The molecule has 0 spiro atoms. The number of aromatic nitrogens is 3. The SMILES string of the molecule is Cc1[nH]c2c(-c3cc(C(F)(F)F)ccc3OCC3CC3)ncnc2c1C(=O)N[C@H]1CC[C@@H](NC(=O)[C@H](C)O)[C@H](C)C1. The highest BCUT2D eigenvalue weighted by Crippen LogP contribution is 2.40. The quantitative estimate of drug-likeness (QED) is 0.314. The number of aromatic amines is 1. The predicted octanol–water partition coefficient (Wildman–Crippen LogP) is 4.52. The number of nitrogens with one attached hydrogen (secondary N) is 3. The average molecular weight is 574 g/mol. The van der Waals surface area contributed by atoms with E-state index in [4.69, 9.17) is 4.74 Å². The molecule has 220 valence electrons. The zero-order valence-corrected chi connectivity index (χ0v) is 23.1. The number of aryl methyl sites for hydroxylation is 1. The Morgan fingerprint density at radius 2 is 1.93 bits per heavy atom. The first-order valence-electron chi connectivity index (χ1n) is 13.9. The standard InChI is InChI=1S/C29H34F3N5O4/c1-14-10-19(7-8-21(14)37-27(39)16(3)38)36-28(40)23-15(2)35-26-24(33-13-34-25(23)26)20-11-18(29(30,31)32)6-9-22(20)41-12-17-4-5-17/h6,9,11,13-14,16-17,19,21,35,38H,4-5,7-8,10,12H2,1-3H3,(H,36,40)(H,37,39)/t14-,16+,19+,21-/m1/s1. The molecule has 2 heterocycles. The average Bonchev–Trinajstić information content (AvgIpc) is 3.67. The first kappa shape index (κ1) is 28.8. The van der Waals surface area contributed by atoms with Crippen molar-refractivity contribution >= 4 is 22.8 Å². The molecule has 2 amide bonds. The van der Waals surface area contributed by atoms with Crippen molar-refractivity contribution in [3.63, 3.8) is 0 Å². The van der Waals surface area contributed by atoms with Gasteiger partial charge >= 0.3 is 6.18 Å². The van der Waals surface area contributed by atoms with E-state index in [0.717, 1.165) is 25.0 Å². The number of hydrogen-bond acceptors (Lipinski definition) is 6. The van der Waals surface area contributed by atoms with Gasteiger partial charge in [0, 0.05) is 23.3 Å². The van der Waals surface area contributed by atoms with Crippen molar-refractivity contribution in [1.29, 1.82) is 0 Å². The summed E-state index contributed by atoms with van der Waals surface area (Å²) >= 11 is 0. The molecule has 2 aromatic heterocycles. The van der Waals surface area contributed by atoms with Crippen LogP contribution in [0.4, 0.5) is 13.2 Å². The molecule has 9 nitrogen and oxygen atoms in total. The van der Waals surface area contributed by atoms with Crippen LogP contribution in [0.5, 0.6) is 5.75 Å². The highest BCUT2D eigenvalue weighted by Gasteiger charge is 2.34. The largest absolute Gasteiger partial charge is 0.493 e. The summed E-state index contributed by atoms with van der Waals surface area (Å²) in [5.41, 5.74) is 1.04. The van der Waals surface area contributed by atoms with E-state index in [9.17, 15) is 27.9 Å². The van der Waals surface area contributed by atoms with Gasteiger partial charge in [-0.2, -0.15) is 13.2 Å². The van der Waals surface area contributed by atoms with Crippen molar-refractivity contribution in [1.82, 2.24) is 25.6 Å². The third-order valence-corrected chi connectivity index (χ3v) is 7.94. The van der Waals surface area contributed by atoms with Crippen LogP contribution in [0.15, 0.2) is 24.5 Å². The van der Waals surface area contributed by atoms with Crippen LogP contribution in [0.25, 0.3) is 22.3 Å². The number of hydrogen-bond donors (Lipinski definition) is 4. The summed E-state index contributed by atoms with van der Waals surface area (Å²) in [6, 6.07) is 3.09. The number of aliphatic hydroxyl groups excluding tert-OH is 1. The van der Waals surface area contributed by atoms with Gasteiger partial charge in [-0.05, 0) is 76.0 Å². The van der Waals surface area contributed by atoms with E-state index in [0.29, 0.717) is 54.1 Å². The van der Waals surface area contributed by atoms with Gasteiger partial charge in [-0.3, -0.25) is 9.59 Å². The fraction of sp³-hybridized carbons (Fsp3) is 0.517. The minimum Gasteiger partial charge on any atom is -0.493 e. The van der Waals surface area contributed by atoms with Crippen LogP contribution in [0.1, 0.15) is 67.6 Å². The molecule has 0 aliphatic heterocycles. The fourth-order valence-electron chi connectivity index (χ4n) is 5.42. The van der Waals surface area contributed by atoms with Crippen molar-refractivity contribution in [3.05, 3.63) is 41.3 Å². The number of rotatable bonds is 8. The second-order valence-corrected chi connectivity index (χ2v) is 11.3. The van der Waals surface area contributed by atoms with Crippen LogP contribution in [-0.4, -0.2) is 56.7 Å². The molecule has 0 radical (unpaired) electrons. The molecular weight excluding hydrogens is 539 g/mol. The van der Waals surface area contributed by atoms with Gasteiger partial charge in [-0.1, -0.05) is 6.92 Å². The number of ether oxygens (including phenoxy) is 1. The van der Waals surface area contributed by atoms with Crippen molar-refractivity contribution in [2.45, 2.75) is 77.2 Å². The zero-order chi connectivity index (χ0) is 29.5. The number of H-pyrrole nitrogens is 1. The summed E-state index contributed by atoms with van der Waals surface area (Å²) in [4.78, 5) is 37.2. The Morgan fingerprint density at radius 1 is 1.17 bits per heavy atom. The van der Waals surface area contributed by atoms with Gasteiger partial charge in [0.2, 0.25) is 5.91 Å². The molecule has 0 bridgehead atoms. The normalized spacial score (nSPS) is 21.9. The molecule has 12 heteroatoms. The minimum atomic E-state index is -4.55. The summed E-state index contributed by atoms with van der Waals surface area (Å²) in [5, 5.41) is 15.4. The van der Waals surface area contributed by atoms with Crippen molar-refractivity contribution < 1.29 is 32.6 Å². The van der Waals surface area contributed by atoms with Crippen LogP contribution in [-0.2, 0) is 11.0 Å². The highest BCUT2D eigenvalue weighted by molar-refractivity contribution is 6.09. The number of amides is 2. The Bertz CT molecular complexity index is 1450. The molecule has 0 saturated heterocycles. The molecule has 1 aromatic carbocycles. The number of aliphatic hydroxyl groups is 1. The smallest absolute Gasteiger partial charge is 0.416 e. The number of fused-ring (bicyclic) bond motifs is 1. The maximum Gasteiger partial charge on any atom is 0.416 e. The van der Waals surface area contributed by atoms with Crippen LogP contribution >= 0.6 is 0 Å². The monoisotopic (exact) mass is 573 g/mol. The maximum absolute atomic E-state index is 13.6. The van der Waals surface area contributed by atoms with Gasteiger partial charge in [0.25, 0.3) is 5.91 Å². The van der Waals surface area contributed by atoms with Crippen molar-refractivity contribution in [3.8, 4) is 17.0 Å². The Kier molecular flexibility index (Phi) is 7.95. The fourth-order valence-corrected chi connectivity index (χ4v) is 5.42. The third kappa shape index (κ3) is 6.32. The van der Waals surface area contributed by atoms with E-state index in [1.54, 1.807) is 6.92 Å². The first-order chi connectivity index (χ1) is 19.4. The lowest BCUT2D eigenvalue weighted by Gasteiger charge is -2.35. The number of nitrogens with zero attached hydrogens (tertiary/aromatic N) is 2. The molecular formula is C29H34F3N5O4. The van der Waals surface area contributed by atoms with Crippen LogP contribution in [0.2, 0.25) is 0 Å². The van der Waals surface area contributed by atoms with E-state index in [-0.39, 0.29) is 40.9 Å². The van der Waals surface area contributed by atoms with Crippen LogP contribution < -0.4 is 15.4 Å². The predicted molar refractivity (Wildman–Crippen MR) is 145 cm³/mol. The minimum absolute atomic E-state index is 0.0738. The molecule has 2 aliphatic rings. The van der Waals surface area contributed by atoms with Crippen LogP contribution in [0.3, 0.4) is 0 Å². The highest BCUT2D eigenvalue weighted by atomic mass is 19.4. The maximum atomic E-state index is 13.6. The van der Waals surface area contributed by atoms with Gasteiger partial charge in [0.05, 0.1) is 23.3 Å². The molecule has 0 unspecified atom stereocenters. The summed E-state index contributed by atoms with van der Waals surface area (Å²) in [7, 11) is 0. The zero-order valence-electron chi connectivity index (χ0n) is 23.1. The van der Waals surface area contributed by atoms with Crippen molar-refractivity contribution in [2.75, 3.05) is 6.61 Å². The summed E-state index contributed by atoms with van der Waals surface area (Å²) in [6.45, 7) is 5.52. The number of carbonyl (C=O) groups is 2. The molecule has 4 atom stereocenters. The van der Waals surface area contributed by atoms with Gasteiger partial charge in [-0.25, -0.2) is 9.97 Å². The molecule has 5 rings (SSSR count). The number of alkyl halides is 3. The Hall–Kier alpha value is -3.67. The Morgan fingerprint density at radius 3 is 2.59 bits per heavy atom. The van der Waals surface area contributed by atoms with E-state index in [1.165, 1.54) is 19.3 Å². The lowest BCUT2D eigenvalue weighted by Crippen LogP contribution is -2.49. The second kappa shape index (κ2) is 11.3. The van der Waals surface area contributed by atoms with E-state index >= 15 is 0 Å². The summed E-state index contributed by atoms with van der Waals surface area (Å²) < 4.78 is 46.8. The summed E-state index contributed by atoms with van der Waals surface area (Å²) in [5.74, 6) is -0.0143. The third-order valence-electron chi connectivity index (χ3n) is 7.94. The van der Waals surface area contributed by atoms with E-state index in [1.807, 2.05) is 6.92 Å². The van der Waals surface area contributed by atoms with Gasteiger partial charge in [0.1, 0.15) is 29.4 Å².